The van der Waals surface area contributed by atoms with Crippen molar-refractivity contribution in [1.82, 2.24) is 9.55 Å². The molecule has 0 radical (unpaired) electrons. The van der Waals surface area contributed by atoms with Gasteiger partial charge in [0.1, 0.15) is 6.61 Å². The van der Waals surface area contributed by atoms with E-state index in [1.165, 1.54) is 10.6 Å². The average Bonchev–Trinajstić information content (AvgIpc) is 3.17. The van der Waals surface area contributed by atoms with Gasteiger partial charge in [-0.1, -0.05) is 19.9 Å². The molecule has 33 heavy (non-hydrogen) atoms. The van der Waals surface area contributed by atoms with Crippen molar-refractivity contribution in [2.24, 2.45) is 0 Å². The van der Waals surface area contributed by atoms with Crippen molar-refractivity contribution in [3.8, 4) is 11.4 Å². The summed E-state index contributed by atoms with van der Waals surface area (Å²) in [6.07, 6.45) is 0.154. The van der Waals surface area contributed by atoms with E-state index < -0.39 is 22.5 Å². The number of benzene rings is 1. The third kappa shape index (κ3) is 2.86. The lowest BCUT2D eigenvalue weighted by atomic mass is 9.85. The Hall–Kier alpha value is -4.08. The van der Waals surface area contributed by atoms with E-state index in [0.29, 0.717) is 33.4 Å². The van der Waals surface area contributed by atoms with Gasteiger partial charge in [0.25, 0.3) is 11.2 Å². The minimum absolute atomic E-state index is 0.0590. The summed E-state index contributed by atoms with van der Waals surface area (Å²) in [6.45, 7) is 3.25. The summed E-state index contributed by atoms with van der Waals surface area (Å²) in [7, 11) is 0. The first-order chi connectivity index (χ1) is 15.8. The fraction of sp³-hybridized carbons (Fsp3) is 0.304. The fourth-order valence-corrected chi connectivity index (χ4v) is 4.57. The summed E-state index contributed by atoms with van der Waals surface area (Å²) < 4.78 is 12.3. The number of hydrogen-bond donors (Lipinski definition) is 0. The normalized spacial score (nSPS) is 18.3. The molecule has 0 spiro atoms. The molecule has 3 aromatic rings. The minimum atomic E-state index is -1.71. The van der Waals surface area contributed by atoms with Gasteiger partial charge in [0.2, 0.25) is 5.60 Å². The molecule has 10 heteroatoms. The molecule has 10 nitrogen and oxygen atoms in total. The monoisotopic (exact) mass is 449 g/mol. The molecule has 2 aliphatic heterocycles. The van der Waals surface area contributed by atoms with E-state index in [9.17, 15) is 24.5 Å². The van der Waals surface area contributed by atoms with E-state index >= 15 is 0 Å². The fourth-order valence-electron chi connectivity index (χ4n) is 4.57. The number of nitro groups is 1. The Labute approximate surface area is 186 Å². The van der Waals surface area contributed by atoms with Crippen LogP contribution >= 0.6 is 0 Å². The maximum atomic E-state index is 13.4. The summed E-state index contributed by atoms with van der Waals surface area (Å²) in [5, 5.41) is 11.8. The van der Waals surface area contributed by atoms with Crippen LogP contribution < -0.4 is 5.56 Å². The number of carbonyl (C=O) groups is 2. The van der Waals surface area contributed by atoms with E-state index in [-0.39, 0.29) is 42.8 Å². The van der Waals surface area contributed by atoms with Gasteiger partial charge in [0.15, 0.2) is 0 Å². The molecule has 0 amide bonds. The van der Waals surface area contributed by atoms with Gasteiger partial charge in [-0.3, -0.25) is 19.7 Å². The van der Waals surface area contributed by atoms with Crippen molar-refractivity contribution in [3.05, 3.63) is 67.5 Å². The zero-order chi connectivity index (χ0) is 23.5. The first-order valence-electron chi connectivity index (χ1n) is 10.5. The van der Waals surface area contributed by atoms with Crippen LogP contribution in [0.2, 0.25) is 0 Å². The van der Waals surface area contributed by atoms with Crippen LogP contribution in [0.1, 0.15) is 43.4 Å². The highest BCUT2D eigenvalue weighted by molar-refractivity contribution is 5.92. The number of fused-ring (bicyclic) bond motifs is 5. The Balaban J connectivity index is 1.76. The van der Waals surface area contributed by atoms with E-state index in [0.717, 1.165) is 0 Å². The number of nitrogens with zero attached hydrogens (tertiary/aromatic N) is 3. The van der Waals surface area contributed by atoms with Gasteiger partial charge in [-0.25, -0.2) is 9.78 Å². The van der Waals surface area contributed by atoms with Gasteiger partial charge in [0, 0.05) is 23.6 Å². The largest absolute Gasteiger partial charge is 0.457 e. The second-order valence-corrected chi connectivity index (χ2v) is 7.99. The van der Waals surface area contributed by atoms with Crippen LogP contribution in [0, 0.1) is 10.1 Å². The Morgan fingerprint density at radius 3 is 2.79 bits per heavy atom. The number of carbonyl (C=O) groups excluding carboxylic acids is 2. The number of hydrogen-bond acceptors (Lipinski definition) is 8. The van der Waals surface area contributed by atoms with E-state index in [1.807, 2.05) is 0 Å². The molecule has 0 saturated carbocycles. The standard InChI is InChI=1S/C23H19N3O7/c1-3-19(27)33-23(4-2)15-9-18-20-12(10-25(18)21(28)14(15)11-32-22(23)29)8-13-16(24-20)6-5-7-17(13)26(30)31/h5-9H,3-4,10-11H2,1-2H3/t23-/m1/s1. The Morgan fingerprint density at radius 1 is 1.30 bits per heavy atom. The maximum absolute atomic E-state index is 13.4. The van der Waals surface area contributed by atoms with Gasteiger partial charge in [-0.2, -0.15) is 0 Å². The number of rotatable bonds is 4. The number of esters is 2. The van der Waals surface area contributed by atoms with Gasteiger partial charge >= 0.3 is 11.9 Å². The van der Waals surface area contributed by atoms with Crippen molar-refractivity contribution >= 4 is 28.5 Å². The Kier molecular flexibility index (Phi) is 4.55. The predicted octanol–water partition coefficient (Wildman–Crippen LogP) is 2.95. The van der Waals surface area contributed by atoms with Crippen molar-refractivity contribution < 1.29 is 24.0 Å². The van der Waals surface area contributed by atoms with Crippen LogP contribution in [-0.2, 0) is 37.8 Å². The molecule has 0 aliphatic carbocycles. The Morgan fingerprint density at radius 2 is 2.09 bits per heavy atom. The summed E-state index contributed by atoms with van der Waals surface area (Å²) in [5.41, 5.74) is 0.402. The molecule has 0 unspecified atom stereocenters. The molecule has 5 rings (SSSR count). The van der Waals surface area contributed by atoms with Gasteiger partial charge < -0.3 is 14.0 Å². The lowest BCUT2D eigenvalue weighted by molar-refractivity contribution is -0.383. The molecule has 0 saturated heterocycles. The highest BCUT2D eigenvalue weighted by atomic mass is 16.6. The van der Waals surface area contributed by atoms with Crippen molar-refractivity contribution in [2.45, 2.75) is 45.4 Å². The smallest absolute Gasteiger partial charge is 0.355 e. The third-order valence-electron chi connectivity index (χ3n) is 6.27. The van der Waals surface area contributed by atoms with E-state index in [2.05, 4.69) is 4.98 Å². The Bertz CT molecular complexity index is 1440. The number of non-ortho nitro benzene ring substituents is 1. The highest BCUT2D eigenvalue weighted by Gasteiger charge is 2.50. The van der Waals surface area contributed by atoms with E-state index in [4.69, 9.17) is 9.47 Å². The molecule has 0 bridgehead atoms. The molecule has 168 valence electrons. The molecule has 1 atom stereocenters. The average molecular weight is 449 g/mol. The second kappa shape index (κ2) is 7.22. The van der Waals surface area contributed by atoms with Crippen molar-refractivity contribution in [3.63, 3.8) is 0 Å². The molecule has 2 aromatic heterocycles. The maximum Gasteiger partial charge on any atom is 0.355 e. The lowest BCUT2D eigenvalue weighted by Gasteiger charge is -2.35. The van der Waals surface area contributed by atoms with Crippen molar-refractivity contribution in [2.75, 3.05) is 0 Å². The first kappa shape index (κ1) is 20.8. The highest BCUT2D eigenvalue weighted by Crippen LogP contribution is 2.41. The number of aromatic nitrogens is 2. The van der Waals surface area contributed by atoms with Crippen LogP contribution in [-0.4, -0.2) is 26.4 Å². The number of cyclic esters (lactones) is 1. The second-order valence-electron chi connectivity index (χ2n) is 7.99. The zero-order valence-corrected chi connectivity index (χ0v) is 17.9. The summed E-state index contributed by atoms with van der Waals surface area (Å²) in [5.74, 6) is -1.30. The SMILES string of the molecule is CCC(=O)O[C@@]1(CC)C(=O)OCc2c1cc1n(c2=O)Cc2cc3c([N+](=O)[O-])cccc3nc2-1. The number of nitro benzene ring substituents is 1. The van der Waals surface area contributed by atoms with E-state index in [1.54, 1.807) is 38.1 Å². The van der Waals surface area contributed by atoms with Crippen LogP contribution in [0.3, 0.4) is 0 Å². The van der Waals surface area contributed by atoms with Crippen LogP contribution in [0.15, 0.2) is 35.1 Å². The number of pyridine rings is 2. The molecule has 1 aromatic carbocycles. The zero-order valence-electron chi connectivity index (χ0n) is 17.9. The number of ether oxygens (including phenoxy) is 2. The summed E-state index contributed by atoms with van der Waals surface area (Å²) >= 11 is 0. The molecule has 2 aliphatic rings. The van der Waals surface area contributed by atoms with Crippen molar-refractivity contribution in [1.29, 1.82) is 0 Å². The molecular weight excluding hydrogens is 430 g/mol. The van der Waals surface area contributed by atoms with Gasteiger partial charge in [-0.05, 0) is 24.6 Å². The summed E-state index contributed by atoms with van der Waals surface area (Å²) in [6, 6.07) is 7.96. The quantitative estimate of drug-likeness (QED) is 0.264. The lowest BCUT2D eigenvalue weighted by Crippen LogP contribution is -2.47. The topological polar surface area (TPSA) is 131 Å². The van der Waals surface area contributed by atoms with Crippen LogP contribution in [0.25, 0.3) is 22.3 Å². The molecular formula is C23H19N3O7. The third-order valence-corrected chi connectivity index (χ3v) is 6.27. The predicted molar refractivity (Wildman–Crippen MR) is 115 cm³/mol. The first-order valence-corrected chi connectivity index (χ1v) is 10.5. The molecule has 4 heterocycles. The van der Waals surface area contributed by atoms with Crippen LogP contribution in [0.5, 0.6) is 0 Å². The van der Waals surface area contributed by atoms with Gasteiger partial charge in [-0.15, -0.1) is 0 Å². The van der Waals surface area contributed by atoms with Gasteiger partial charge in [0.05, 0.1) is 39.3 Å². The molecule has 0 N–H and O–H groups in total. The molecule has 0 fully saturated rings. The summed E-state index contributed by atoms with van der Waals surface area (Å²) in [4.78, 5) is 54.0. The van der Waals surface area contributed by atoms with Crippen LogP contribution in [0.4, 0.5) is 5.69 Å². The minimum Gasteiger partial charge on any atom is -0.457 e.